The number of carbonyl (C=O) groups is 1. The first-order valence-electron chi connectivity index (χ1n) is 17.4. The lowest BCUT2D eigenvalue weighted by Crippen LogP contribution is -2.35. The van der Waals surface area contributed by atoms with Crippen LogP contribution in [0.1, 0.15) is 46.6 Å². The highest BCUT2D eigenvalue weighted by molar-refractivity contribution is 7.92. The molecule has 0 radical (unpaired) electrons. The average molecular weight is 845 g/mol. The van der Waals surface area contributed by atoms with E-state index in [2.05, 4.69) is 35.2 Å². The minimum Gasteiger partial charge on any atom is -0.350 e. The number of carbonyl (C=O) groups excluding carboxylic acids is 1. The molecule has 300 valence electrons. The van der Waals surface area contributed by atoms with Crippen LogP contribution in [0, 0.1) is 17.6 Å². The van der Waals surface area contributed by atoms with Crippen LogP contribution < -0.4 is 10.0 Å². The third-order valence-corrected chi connectivity index (χ3v) is 11.7. The van der Waals surface area contributed by atoms with Gasteiger partial charge in [0.25, 0.3) is 5.92 Å². The van der Waals surface area contributed by atoms with Gasteiger partial charge in [0.15, 0.2) is 17.2 Å². The van der Waals surface area contributed by atoms with E-state index in [4.69, 9.17) is 4.98 Å². The number of aromatic nitrogens is 8. The number of para-hydroxylation sites is 1. The van der Waals surface area contributed by atoms with Crippen molar-refractivity contribution in [2.45, 2.75) is 43.4 Å². The highest BCUT2D eigenvalue weighted by Crippen LogP contribution is 2.68. The van der Waals surface area contributed by atoms with Crippen LogP contribution in [0.5, 0.6) is 0 Å². The molecule has 0 saturated heterocycles. The topological polar surface area (TPSA) is 165 Å². The van der Waals surface area contributed by atoms with Gasteiger partial charge in [-0.2, -0.15) is 32.1 Å². The third kappa shape index (κ3) is 6.52. The molecule has 58 heavy (non-hydrogen) atoms. The Morgan fingerprint density at radius 3 is 2.53 bits per heavy atom. The van der Waals surface area contributed by atoms with Crippen LogP contribution in [-0.4, -0.2) is 60.1 Å². The fourth-order valence-electron chi connectivity index (χ4n) is 7.80. The Bertz CT molecular complexity index is 2900. The van der Waals surface area contributed by atoms with Crippen LogP contribution >= 0.6 is 11.3 Å². The first-order chi connectivity index (χ1) is 27.4. The van der Waals surface area contributed by atoms with Gasteiger partial charge in [0.1, 0.15) is 34.6 Å². The molecule has 2 aliphatic carbocycles. The number of amides is 1. The summed E-state index contributed by atoms with van der Waals surface area (Å²) in [5.74, 6) is -8.97. The number of aryl methyl sites for hydroxylation is 1. The van der Waals surface area contributed by atoms with Gasteiger partial charge in [-0.1, -0.05) is 12.1 Å². The summed E-state index contributed by atoms with van der Waals surface area (Å²) < 4.78 is 131. The quantitative estimate of drug-likeness (QED) is 0.126. The van der Waals surface area contributed by atoms with Crippen molar-refractivity contribution in [1.82, 2.24) is 44.8 Å². The van der Waals surface area contributed by atoms with Gasteiger partial charge in [-0.15, -0.1) is 11.3 Å². The predicted molar refractivity (Wildman–Crippen MR) is 196 cm³/mol. The number of aromatic amines is 1. The molecule has 22 heteroatoms. The van der Waals surface area contributed by atoms with Crippen LogP contribution in [0.3, 0.4) is 0 Å². The minimum atomic E-state index is -5.07. The molecule has 1 fully saturated rings. The summed E-state index contributed by atoms with van der Waals surface area (Å²) in [5, 5.41) is 11.3. The van der Waals surface area contributed by atoms with Crippen LogP contribution in [0.15, 0.2) is 55.0 Å². The van der Waals surface area contributed by atoms with E-state index in [1.165, 1.54) is 22.3 Å². The molecule has 0 unspecified atom stereocenters. The summed E-state index contributed by atoms with van der Waals surface area (Å²) in [4.78, 5) is 30.6. The van der Waals surface area contributed by atoms with Gasteiger partial charge in [0.2, 0.25) is 15.9 Å². The molecule has 7 aromatic rings. The van der Waals surface area contributed by atoms with E-state index in [1.54, 1.807) is 37.5 Å². The molecule has 5 heterocycles. The number of imidazole rings is 1. The molecule has 0 aliphatic heterocycles. The molecule has 1 amide bonds. The fraction of sp³-hybridized carbons (Fsp3) is 0.278. The number of halogens is 7. The number of sulfonamides is 1. The number of benzene rings is 2. The molecule has 9 rings (SSSR count). The van der Waals surface area contributed by atoms with Crippen LogP contribution in [0.25, 0.3) is 43.1 Å². The maximum absolute atomic E-state index is 15.4. The van der Waals surface area contributed by atoms with Crippen molar-refractivity contribution in [2.75, 3.05) is 11.0 Å². The Morgan fingerprint density at radius 2 is 1.84 bits per heavy atom. The summed E-state index contributed by atoms with van der Waals surface area (Å²) in [6.45, 7) is -1.06. The number of pyridine rings is 1. The van der Waals surface area contributed by atoms with Crippen LogP contribution in [-0.2, 0) is 46.9 Å². The normalized spacial score (nSPS) is 17.7. The first-order valence-corrected chi connectivity index (χ1v) is 20.1. The van der Waals surface area contributed by atoms with Gasteiger partial charge >= 0.3 is 6.18 Å². The number of thiazole rings is 1. The summed E-state index contributed by atoms with van der Waals surface area (Å²) in [7, 11) is -2.21. The van der Waals surface area contributed by atoms with Crippen molar-refractivity contribution >= 4 is 54.3 Å². The SMILES string of the molecule is Cn1nc(NS(C)(=O)=O)c2cccc(-c3cc4sc(-c5c[nH]cn5)nc4nc3[C@H](Cc3cc(F)cc(F)c3)NC(=O)Cn3nc(C(F)(F)F)c4c3C(F)(F)[C@@H]3C[C@H]43)c21. The van der Waals surface area contributed by atoms with Gasteiger partial charge in [-0.05, 0) is 48.6 Å². The average Bonchev–Trinajstić information content (AvgIpc) is 3.54. The molecule has 13 nitrogen and oxygen atoms in total. The van der Waals surface area contributed by atoms with E-state index >= 15 is 8.78 Å². The Labute approximate surface area is 326 Å². The number of anilines is 1. The smallest absolute Gasteiger partial charge is 0.350 e. The second kappa shape index (κ2) is 13.1. The highest BCUT2D eigenvalue weighted by atomic mass is 32.2. The molecule has 2 aliphatic rings. The lowest BCUT2D eigenvalue weighted by molar-refractivity contribution is -0.142. The van der Waals surface area contributed by atoms with E-state index in [-0.39, 0.29) is 35.6 Å². The zero-order valence-electron chi connectivity index (χ0n) is 29.9. The van der Waals surface area contributed by atoms with Crippen molar-refractivity contribution < 1.29 is 43.9 Å². The van der Waals surface area contributed by atoms with Crippen molar-refractivity contribution in [3.8, 4) is 21.8 Å². The highest BCUT2D eigenvalue weighted by Gasteiger charge is 2.68. The Hall–Kier alpha value is -5.90. The third-order valence-electron chi connectivity index (χ3n) is 10.1. The Morgan fingerprint density at radius 1 is 1.09 bits per heavy atom. The minimum absolute atomic E-state index is 0.00977. The Kier molecular flexibility index (Phi) is 8.48. The van der Waals surface area contributed by atoms with Crippen LogP contribution in [0.4, 0.5) is 36.6 Å². The summed E-state index contributed by atoms with van der Waals surface area (Å²) in [6.07, 6.45) is -1.54. The summed E-state index contributed by atoms with van der Waals surface area (Å²) >= 11 is 1.22. The second-order valence-electron chi connectivity index (χ2n) is 14.2. The van der Waals surface area contributed by atoms with Gasteiger partial charge < -0.3 is 10.3 Å². The van der Waals surface area contributed by atoms with Gasteiger partial charge in [0.05, 0.1) is 34.5 Å². The predicted octanol–water partition coefficient (Wildman–Crippen LogP) is 6.81. The molecule has 5 aromatic heterocycles. The van der Waals surface area contributed by atoms with E-state index in [0.29, 0.717) is 48.2 Å². The molecule has 0 bridgehead atoms. The van der Waals surface area contributed by atoms with Crippen molar-refractivity contribution in [3.05, 3.63) is 94.8 Å². The molecular weight excluding hydrogens is 818 g/mol. The fourth-order valence-corrected chi connectivity index (χ4v) is 9.22. The van der Waals surface area contributed by atoms with E-state index in [0.717, 1.165) is 18.4 Å². The number of hydrogen-bond donors (Lipinski definition) is 3. The standard InChI is InChI=1S/C36H27F7N10O3S2/c1-52-29-18(4-3-5-19(29)32(50-52)51-58(2,55)56)20-11-25-33(48-34(57-25)24-12-44-14-45-24)47-28(20)23(8-15-6-16(37)9-17(38)7-15)46-26(54)13-53-31-27(30(49-53)36(41,42)43)21-10-22(21)35(31,39)40/h3-7,9,11-12,14,21-23H,8,10,13H2,1-2H3,(H,44,45)(H,46,54)(H,50,51)/t21-,22+,23-/m0/s1. The van der Waals surface area contributed by atoms with Crippen molar-refractivity contribution in [1.29, 1.82) is 0 Å². The number of nitrogens with zero attached hydrogens (tertiary/aromatic N) is 7. The number of hydrogen-bond acceptors (Lipinski definition) is 9. The second-order valence-corrected chi connectivity index (χ2v) is 17.0. The number of fused-ring (bicyclic) bond motifs is 5. The Balaban J connectivity index is 1.21. The van der Waals surface area contributed by atoms with E-state index in [1.807, 2.05) is 0 Å². The molecule has 0 spiro atoms. The monoisotopic (exact) mass is 844 g/mol. The molecular formula is C36H27F7N10O3S2. The zero-order chi connectivity index (χ0) is 41.1. The first kappa shape index (κ1) is 37.7. The number of nitrogens with one attached hydrogen (secondary N) is 3. The largest absolute Gasteiger partial charge is 0.435 e. The maximum atomic E-state index is 15.4. The number of alkyl halides is 5. The number of H-pyrrole nitrogens is 1. The lowest BCUT2D eigenvalue weighted by Gasteiger charge is -2.23. The summed E-state index contributed by atoms with van der Waals surface area (Å²) in [6, 6.07) is 7.98. The summed E-state index contributed by atoms with van der Waals surface area (Å²) in [5.41, 5.74) is -1.20. The van der Waals surface area contributed by atoms with E-state index in [9.17, 15) is 35.2 Å². The molecule has 3 N–H and O–H groups in total. The van der Waals surface area contributed by atoms with Gasteiger partial charge in [-0.25, -0.2) is 32.2 Å². The zero-order valence-corrected chi connectivity index (χ0v) is 31.5. The van der Waals surface area contributed by atoms with E-state index < -0.39 is 81.0 Å². The molecule has 1 saturated carbocycles. The molecule has 2 aromatic carbocycles. The number of rotatable bonds is 10. The van der Waals surface area contributed by atoms with Crippen LogP contribution in [0.2, 0.25) is 0 Å². The van der Waals surface area contributed by atoms with Crippen molar-refractivity contribution in [2.24, 2.45) is 13.0 Å². The lowest BCUT2D eigenvalue weighted by atomic mass is 9.94. The maximum Gasteiger partial charge on any atom is 0.435 e. The van der Waals surface area contributed by atoms with Gasteiger partial charge in [-0.3, -0.25) is 18.9 Å². The molecule has 3 atom stereocenters. The van der Waals surface area contributed by atoms with Gasteiger partial charge in [0, 0.05) is 47.3 Å². The van der Waals surface area contributed by atoms with Crippen molar-refractivity contribution in [3.63, 3.8) is 0 Å².